The second-order valence-corrected chi connectivity index (χ2v) is 4.73. The van der Waals surface area contributed by atoms with Crippen molar-refractivity contribution in [1.29, 1.82) is 0 Å². The Morgan fingerprint density at radius 2 is 1.84 bits per heavy atom. The predicted molar refractivity (Wildman–Crippen MR) is 78.9 cm³/mol. The van der Waals surface area contributed by atoms with Gasteiger partial charge < -0.3 is 5.73 Å². The molecule has 0 aliphatic heterocycles. The lowest BCUT2D eigenvalue weighted by Gasteiger charge is -2.11. The number of aryl methyl sites for hydroxylation is 1. The van der Waals surface area contributed by atoms with Crippen LogP contribution in [0.2, 0.25) is 0 Å². The van der Waals surface area contributed by atoms with Gasteiger partial charge in [-0.1, -0.05) is 18.2 Å². The zero-order valence-electron chi connectivity index (χ0n) is 11.0. The lowest BCUT2D eigenvalue weighted by atomic mass is 10.0. The molecule has 0 aliphatic rings. The van der Waals surface area contributed by atoms with Crippen LogP contribution in [0.15, 0.2) is 42.6 Å². The van der Waals surface area contributed by atoms with Crippen LogP contribution in [0.25, 0.3) is 22.3 Å². The molecule has 3 rings (SSSR count). The number of nitrogen functional groups attached to an aromatic ring is 1. The Labute approximate surface area is 112 Å². The lowest BCUT2D eigenvalue weighted by Crippen LogP contribution is -1.99. The van der Waals surface area contributed by atoms with Gasteiger partial charge in [0.25, 0.3) is 0 Å². The van der Waals surface area contributed by atoms with Gasteiger partial charge in [0.15, 0.2) is 0 Å². The summed E-state index contributed by atoms with van der Waals surface area (Å²) in [5.74, 6) is 0. The first-order valence-electron chi connectivity index (χ1n) is 6.24. The van der Waals surface area contributed by atoms with E-state index >= 15 is 0 Å². The number of para-hydroxylation sites is 1. The first-order chi connectivity index (χ1) is 9.16. The van der Waals surface area contributed by atoms with E-state index in [1.54, 1.807) is 6.20 Å². The molecule has 0 spiro atoms. The van der Waals surface area contributed by atoms with Crippen molar-refractivity contribution in [1.82, 2.24) is 9.97 Å². The topological polar surface area (TPSA) is 51.8 Å². The summed E-state index contributed by atoms with van der Waals surface area (Å²) in [7, 11) is 0. The molecule has 94 valence electrons. The number of aromatic nitrogens is 2. The molecule has 3 nitrogen and oxygen atoms in total. The molecule has 19 heavy (non-hydrogen) atoms. The number of nitrogens with two attached hydrogens (primary N) is 1. The van der Waals surface area contributed by atoms with Gasteiger partial charge in [0.1, 0.15) is 0 Å². The summed E-state index contributed by atoms with van der Waals surface area (Å²) < 4.78 is 0. The van der Waals surface area contributed by atoms with E-state index in [2.05, 4.69) is 4.98 Å². The highest BCUT2D eigenvalue weighted by molar-refractivity contribution is 5.94. The molecule has 2 heterocycles. The second-order valence-electron chi connectivity index (χ2n) is 4.73. The maximum Gasteiger partial charge on any atom is 0.0943 e. The van der Waals surface area contributed by atoms with Crippen LogP contribution in [0.3, 0.4) is 0 Å². The van der Waals surface area contributed by atoms with Crippen LogP contribution in [0.1, 0.15) is 11.1 Å². The first-order valence-corrected chi connectivity index (χ1v) is 6.24. The van der Waals surface area contributed by atoms with Crippen LogP contribution in [-0.4, -0.2) is 9.97 Å². The molecular weight excluding hydrogens is 234 g/mol. The molecule has 0 bridgehead atoms. The minimum Gasteiger partial charge on any atom is -0.398 e. The zero-order valence-corrected chi connectivity index (χ0v) is 11.0. The highest BCUT2D eigenvalue weighted by Crippen LogP contribution is 2.30. The normalized spacial score (nSPS) is 10.8. The van der Waals surface area contributed by atoms with Gasteiger partial charge in [-0.3, -0.25) is 4.98 Å². The van der Waals surface area contributed by atoms with E-state index in [9.17, 15) is 0 Å². The molecule has 2 N–H and O–H groups in total. The van der Waals surface area contributed by atoms with Crippen molar-refractivity contribution in [2.75, 3.05) is 5.73 Å². The maximum absolute atomic E-state index is 6.23. The number of rotatable bonds is 1. The summed E-state index contributed by atoms with van der Waals surface area (Å²) in [6.07, 6.45) is 1.80. The fraction of sp³-hybridized carbons (Fsp3) is 0.125. The van der Waals surface area contributed by atoms with Crippen molar-refractivity contribution < 1.29 is 0 Å². The maximum atomic E-state index is 6.23. The van der Waals surface area contributed by atoms with Crippen LogP contribution in [0, 0.1) is 13.8 Å². The SMILES string of the molecule is Cc1ccnc(-c2nc3ccccc3c(N)c2C)c1. The summed E-state index contributed by atoms with van der Waals surface area (Å²) in [4.78, 5) is 9.10. The molecule has 2 aromatic heterocycles. The molecule has 3 aromatic rings. The number of hydrogen-bond acceptors (Lipinski definition) is 3. The number of fused-ring (bicyclic) bond motifs is 1. The molecular formula is C16H15N3. The average Bonchev–Trinajstić information content (AvgIpc) is 2.43. The van der Waals surface area contributed by atoms with Crippen molar-refractivity contribution in [2.45, 2.75) is 13.8 Å². The number of benzene rings is 1. The minimum atomic E-state index is 0.781. The molecule has 0 atom stereocenters. The Bertz CT molecular complexity index is 763. The molecule has 0 unspecified atom stereocenters. The van der Waals surface area contributed by atoms with Crippen molar-refractivity contribution in [3.8, 4) is 11.4 Å². The van der Waals surface area contributed by atoms with Crippen molar-refractivity contribution in [3.63, 3.8) is 0 Å². The van der Waals surface area contributed by atoms with E-state index in [0.29, 0.717) is 0 Å². The van der Waals surface area contributed by atoms with E-state index in [4.69, 9.17) is 10.7 Å². The van der Waals surface area contributed by atoms with Crippen molar-refractivity contribution >= 4 is 16.6 Å². The summed E-state index contributed by atoms with van der Waals surface area (Å²) in [6.45, 7) is 4.04. The molecule has 0 saturated carbocycles. The van der Waals surface area contributed by atoms with E-state index in [-0.39, 0.29) is 0 Å². The molecule has 0 saturated heterocycles. The van der Waals surface area contributed by atoms with Crippen LogP contribution >= 0.6 is 0 Å². The van der Waals surface area contributed by atoms with Crippen molar-refractivity contribution in [3.05, 3.63) is 53.7 Å². The van der Waals surface area contributed by atoms with Gasteiger partial charge >= 0.3 is 0 Å². The van der Waals surface area contributed by atoms with Gasteiger partial charge in [-0.15, -0.1) is 0 Å². The van der Waals surface area contributed by atoms with Gasteiger partial charge in [-0.05, 0) is 37.6 Å². The third-order valence-corrected chi connectivity index (χ3v) is 3.34. The van der Waals surface area contributed by atoms with Crippen LogP contribution in [0.5, 0.6) is 0 Å². The standard InChI is InChI=1S/C16H15N3/c1-10-7-8-18-14(9-10)16-11(2)15(17)12-5-3-4-6-13(12)19-16/h3-9H,1-2H3,(H2,17,19). The van der Waals surface area contributed by atoms with E-state index in [1.165, 1.54) is 0 Å². The second kappa shape index (κ2) is 4.35. The fourth-order valence-electron chi connectivity index (χ4n) is 2.25. The largest absolute Gasteiger partial charge is 0.398 e. The number of nitrogens with zero attached hydrogens (tertiary/aromatic N) is 2. The Morgan fingerprint density at radius 1 is 1.05 bits per heavy atom. The highest BCUT2D eigenvalue weighted by atomic mass is 14.8. The smallest absolute Gasteiger partial charge is 0.0943 e. The quantitative estimate of drug-likeness (QED) is 0.718. The van der Waals surface area contributed by atoms with Gasteiger partial charge in [0, 0.05) is 22.8 Å². The third kappa shape index (κ3) is 1.93. The van der Waals surface area contributed by atoms with Crippen LogP contribution in [-0.2, 0) is 0 Å². The van der Waals surface area contributed by atoms with Crippen molar-refractivity contribution in [2.24, 2.45) is 0 Å². The number of pyridine rings is 2. The molecule has 1 aromatic carbocycles. The van der Waals surface area contributed by atoms with E-state index < -0.39 is 0 Å². The monoisotopic (exact) mass is 249 g/mol. The lowest BCUT2D eigenvalue weighted by molar-refractivity contribution is 1.23. The summed E-state index contributed by atoms with van der Waals surface area (Å²) in [5.41, 5.74) is 11.8. The molecule has 0 aliphatic carbocycles. The molecule has 0 amide bonds. The molecule has 0 fully saturated rings. The Morgan fingerprint density at radius 3 is 2.63 bits per heavy atom. The Hall–Kier alpha value is -2.42. The number of anilines is 1. The van der Waals surface area contributed by atoms with Crippen LogP contribution in [0.4, 0.5) is 5.69 Å². The van der Waals surface area contributed by atoms with Gasteiger partial charge in [0.2, 0.25) is 0 Å². The third-order valence-electron chi connectivity index (χ3n) is 3.34. The molecule has 0 radical (unpaired) electrons. The number of hydrogen-bond donors (Lipinski definition) is 1. The predicted octanol–water partition coefficient (Wildman–Crippen LogP) is 3.50. The first kappa shape index (κ1) is 11.7. The Kier molecular flexibility index (Phi) is 2.67. The highest BCUT2D eigenvalue weighted by Gasteiger charge is 2.11. The van der Waals surface area contributed by atoms with Gasteiger partial charge in [-0.25, -0.2) is 4.98 Å². The van der Waals surface area contributed by atoms with Gasteiger partial charge in [0.05, 0.1) is 16.9 Å². The van der Waals surface area contributed by atoms with E-state index in [0.717, 1.165) is 39.1 Å². The average molecular weight is 249 g/mol. The molecule has 3 heteroatoms. The fourth-order valence-corrected chi connectivity index (χ4v) is 2.25. The summed E-state index contributed by atoms with van der Waals surface area (Å²) in [6, 6.07) is 11.9. The summed E-state index contributed by atoms with van der Waals surface area (Å²) in [5, 5.41) is 0.997. The minimum absolute atomic E-state index is 0.781. The van der Waals surface area contributed by atoms with E-state index in [1.807, 2.05) is 50.2 Å². The van der Waals surface area contributed by atoms with Gasteiger partial charge in [-0.2, -0.15) is 0 Å². The zero-order chi connectivity index (χ0) is 13.4. The Balaban J connectivity index is 2.33. The van der Waals surface area contributed by atoms with Crippen LogP contribution < -0.4 is 5.73 Å². The summed E-state index contributed by atoms with van der Waals surface area (Å²) >= 11 is 0.